The Morgan fingerprint density at radius 2 is 1.20 bits per heavy atom. The van der Waals surface area contributed by atoms with Crippen LogP contribution in [0.4, 0.5) is 6.32 Å². The standard InChI is InChI=1S/2ClH.2FH.Mo/h4*1H;/q;;;;+4/p-4. The molecule has 0 saturated carbocycles. The van der Waals surface area contributed by atoms with Crippen molar-refractivity contribution in [1.29, 1.82) is 0 Å². The number of halogens is 4. The monoisotopic (exact) mass is 206 g/mol. The van der Waals surface area contributed by atoms with Gasteiger partial charge in [-0.25, -0.2) is 0 Å². The van der Waals surface area contributed by atoms with E-state index in [-0.39, 0.29) is 0 Å². The summed E-state index contributed by atoms with van der Waals surface area (Å²) in [4.78, 5) is 0. The molecule has 0 atom stereocenters. The van der Waals surface area contributed by atoms with Crippen LogP contribution >= 0.6 is 18.8 Å². The first-order valence-corrected chi connectivity index (χ1v) is 7.30. The summed E-state index contributed by atoms with van der Waals surface area (Å²) in [7, 11) is 8.30. The molecule has 0 heterocycles. The molecule has 34 valence electrons. The van der Waals surface area contributed by atoms with E-state index in [9.17, 15) is 6.32 Å². The van der Waals surface area contributed by atoms with Crippen LogP contribution in [-0.4, -0.2) is 0 Å². The van der Waals surface area contributed by atoms with E-state index in [2.05, 4.69) is 18.8 Å². The molecular weight excluding hydrogens is 205 g/mol. The van der Waals surface area contributed by atoms with E-state index >= 15 is 0 Å². The molecule has 0 bridgehead atoms. The minimum absolute atomic E-state index is 4.15. The minimum atomic E-state index is -5.08. The van der Waals surface area contributed by atoms with Gasteiger partial charge in [0.25, 0.3) is 0 Å². The van der Waals surface area contributed by atoms with Crippen molar-refractivity contribution in [3.63, 3.8) is 0 Å². The van der Waals surface area contributed by atoms with Gasteiger partial charge in [0.2, 0.25) is 0 Å². The van der Waals surface area contributed by atoms with Gasteiger partial charge >= 0.3 is 40.2 Å². The Hall–Kier alpha value is 1.13. The van der Waals surface area contributed by atoms with E-state index in [0.717, 1.165) is 0 Å². The molecule has 0 aliphatic heterocycles. The molecule has 0 nitrogen and oxygen atoms in total. The van der Waals surface area contributed by atoms with Gasteiger partial charge in [-0.3, -0.25) is 0 Å². The summed E-state index contributed by atoms with van der Waals surface area (Å²) in [5.74, 6) is 0. The molecule has 0 saturated heterocycles. The van der Waals surface area contributed by atoms with Crippen LogP contribution < -0.4 is 0 Å². The van der Waals surface area contributed by atoms with Crippen LogP contribution in [0.5, 0.6) is 0 Å². The summed E-state index contributed by atoms with van der Waals surface area (Å²) in [5.41, 5.74) is 0. The second-order valence-corrected chi connectivity index (χ2v) is 7.59. The average molecular weight is 205 g/mol. The second kappa shape index (κ2) is 1.72. The molecule has 0 aromatic carbocycles. The van der Waals surface area contributed by atoms with Crippen molar-refractivity contribution in [2.24, 2.45) is 0 Å². The van der Waals surface area contributed by atoms with Crippen LogP contribution in [0.3, 0.4) is 0 Å². The Bertz CT molecular complexity index is 23.1. The molecule has 0 aliphatic rings. The summed E-state index contributed by atoms with van der Waals surface area (Å²) in [5, 5.41) is 0. The molecule has 5 heteroatoms. The van der Waals surface area contributed by atoms with Gasteiger partial charge < -0.3 is 0 Å². The first-order chi connectivity index (χ1) is 2.00. The van der Waals surface area contributed by atoms with Crippen molar-refractivity contribution in [2.45, 2.75) is 0 Å². The Kier molecular flexibility index (Phi) is 2.11. The topological polar surface area (TPSA) is 0 Å². The molecule has 0 aromatic rings. The SMILES string of the molecule is [F][Mo]([F])([Cl])[Cl]. The zero-order valence-electron chi connectivity index (χ0n) is 1.92. The molecular formula is Cl2F2Mo. The summed E-state index contributed by atoms with van der Waals surface area (Å²) < 4.78 is 21.5. The summed E-state index contributed by atoms with van der Waals surface area (Å²) in [6.07, 6.45) is 0. The molecule has 0 rings (SSSR count). The van der Waals surface area contributed by atoms with Crippen LogP contribution in [0.2, 0.25) is 0 Å². The predicted octanol–water partition coefficient (Wildman–Crippen LogP) is 2.22. The van der Waals surface area contributed by atoms with Gasteiger partial charge in [0.05, 0.1) is 0 Å². The third-order valence-corrected chi connectivity index (χ3v) is 0. The third-order valence-electron chi connectivity index (χ3n) is 0. The van der Waals surface area contributed by atoms with Crippen LogP contribution in [0.1, 0.15) is 0 Å². The van der Waals surface area contributed by atoms with Crippen LogP contribution in [0, 0.1) is 0 Å². The van der Waals surface area contributed by atoms with Crippen LogP contribution in [0.25, 0.3) is 0 Å². The van der Waals surface area contributed by atoms with Gasteiger partial charge in [0, 0.05) is 0 Å². The summed E-state index contributed by atoms with van der Waals surface area (Å²) >= 11 is -5.08. The number of hydrogen-bond donors (Lipinski definition) is 0. The predicted molar refractivity (Wildman–Crippen MR) is 13.9 cm³/mol. The second-order valence-electron chi connectivity index (χ2n) is 0.350. The van der Waals surface area contributed by atoms with Gasteiger partial charge in [-0.2, -0.15) is 0 Å². The van der Waals surface area contributed by atoms with Crippen molar-refractivity contribution < 1.29 is 21.3 Å². The average Bonchev–Trinajstić information content (AvgIpc) is 0.722. The third kappa shape index (κ3) is 39.4. The Labute approximate surface area is 40.4 Å². The molecule has 0 amide bonds. The molecule has 0 unspecified atom stereocenters. The van der Waals surface area contributed by atoms with E-state index in [1.165, 1.54) is 0 Å². The first-order valence-electron chi connectivity index (χ1n) is 0.617. The molecule has 0 spiro atoms. The van der Waals surface area contributed by atoms with E-state index in [1.54, 1.807) is 0 Å². The Morgan fingerprint density at radius 3 is 1.20 bits per heavy atom. The normalized spacial score (nSPS) is 15.2. The summed E-state index contributed by atoms with van der Waals surface area (Å²) in [6.45, 7) is 0. The van der Waals surface area contributed by atoms with Gasteiger partial charge in [-0.15, -0.1) is 0 Å². The quantitative estimate of drug-likeness (QED) is 0.531. The molecule has 0 aliphatic carbocycles. The van der Waals surface area contributed by atoms with Gasteiger partial charge in [0.1, 0.15) is 0 Å². The Morgan fingerprint density at radius 1 is 1.20 bits per heavy atom. The van der Waals surface area contributed by atoms with Gasteiger partial charge in [-0.1, -0.05) is 0 Å². The molecule has 0 aromatic heterocycles. The van der Waals surface area contributed by atoms with Crippen molar-refractivity contribution in [1.82, 2.24) is 0 Å². The van der Waals surface area contributed by atoms with E-state index in [1.807, 2.05) is 0 Å². The first kappa shape index (κ1) is 6.13. The van der Waals surface area contributed by atoms with Crippen molar-refractivity contribution >= 4 is 18.8 Å². The van der Waals surface area contributed by atoms with Crippen LogP contribution in [-0.2, 0) is 15.0 Å². The molecule has 0 radical (unpaired) electrons. The fourth-order valence-electron chi connectivity index (χ4n) is 0. The van der Waals surface area contributed by atoms with E-state index in [0.29, 0.717) is 0 Å². The van der Waals surface area contributed by atoms with Crippen molar-refractivity contribution in [3.05, 3.63) is 0 Å². The van der Waals surface area contributed by atoms with Crippen LogP contribution in [0.15, 0.2) is 0 Å². The zero-order valence-corrected chi connectivity index (χ0v) is 5.44. The number of hydrogen-bond acceptors (Lipinski definition) is 0. The van der Waals surface area contributed by atoms with Gasteiger partial charge in [0.15, 0.2) is 0 Å². The van der Waals surface area contributed by atoms with Gasteiger partial charge in [-0.05, 0) is 0 Å². The molecule has 0 fully saturated rings. The maximum absolute atomic E-state index is 10.7. The van der Waals surface area contributed by atoms with E-state index in [4.69, 9.17) is 0 Å². The zero-order chi connectivity index (χ0) is 4.50. The fraction of sp³-hybridized carbons (Fsp3) is 0. The van der Waals surface area contributed by atoms with Crippen molar-refractivity contribution in [2.75, 3.05) is 0 Å². The summed E-state index contributed by atoms with van der Waals surface area (Å²) in [6, 6.07) is 0. The Balaban J connectivity index is 3.02. The maximum atomic E-state index is 10.7. The van der Waals surface area contributed by atoms with Crippen molar-refractivity contribution in [3.8, 4) is 0 Å². The molecule has 5 heavy (non-hydrogen) atoms. The number of rotatable bonds is 0. The fourth-order valence-corrected chi connectivity index (χ4v) is 0. The van der Waals surface area contributed by atoms with E-state index < -0.39 is 15.0 Å². The molecule has 0 N–H and O–H groups in total.